The smallest absolute Gasteiger partial charge is 0.125 e. The molecule has 0 bridgehead atoms. The average molecular weight is 251 g/mol. The molecule has 1 saturated carbocycles. The van der Waals surface area contributed by atoms with Crippen molar-refractivity contribution in [2.24, 2.45) is 11.8 Å². The van der Waals surface area contributed by atoms with Crippen LogP contribution in [-0.2, 0) is 0 Å². The summed E-state index contributed by atoms with van der Waals surface area (Å²) < 4.78 is 13.2. The van der Waals surface area contributed by atoms with Gasteiger partial charge in [-0.15, -0.1) is 0 Å². The Hall–Kier alpha value is -1.09. The Morgan fingerprint density at radius 1 is 1.44 bits per heavy atom. The van der Waals surface area contributed by atoms with Crippen molar-refractivity contribution in [3.63, 3.8) is 0 Å². The van der Waals surface area contributed by atoms with Gasteiger partial charge in [-0.1, -0.05) is 19.9 Å². The number of hydrogen-bond donors (Lipinski definition) is 2. The van der Waals surface area contributed by atoms with Crippen LogP contribution in [-0.4, -0.2) is 17.3 Å². The van der Waals surface area contributed by atoms with E-state index in [2.05, 4.69) is 19.2 Å². The molecule has 0 saturated heterocycles. The molecule has 3 heteroatoms. The summed E-state index contributed by atoms with van der Waals surface area (Å²) in [5.41, 5.74) is 0.450. The lowest BCUT2D eigenvalue weighted by Crippen LogP contribution is -2.51. The van der Waals surface area contributed by atoms with Crippen molar-refractivity contribution in [2.75, 3.05) is 11.9 Å². The highest BCUT2D eigenvalue weighted by molar-refractivity contribution is 5.46. The number of anilines is 1. The minimum atomic E-state index is -0.305. The van der Waals surface area contributed by atoms with E-state index in [-0.39, 0.29) is 18.0 Å². The zero-order valence-electron chi connectivity index (χ0n) is 11.1. The van der Waals surface area contributed by atoms with Gasteiger partial charge in [-0.3, -0.25) is 0 Å². The Morgan fingerprint density at radius 3 is 2.83 bits per heavy atom. The Balaban J connectivity index is 2.18. The summed E-state index contributed by atoms with van der Waals surface area (Å²) in [6.07, 6.45) is 3.14. The van der Waals surface area contributed by atoms with Gasteiger partial charge in [0.15, 0.2) is 0 Å². The van der Waals surface area contributed by atoms with Gasteiger partial charge in [0.25, 0.3) is 0 Å². The van der Waals surface area contributed by atoms with E-state index in [1.807, 2.05) is 6.07 Å². The van der Waals surface area contributed by atoms with Gasteiger partial charge in [0.2, 0.25) is 0 Å². The van der Waals surface area contributed by atoms with Gasteiger partial charge in [-0.2, -0.15) is 0 Å². The molecule has 2 rings (SSSR count). The van der Waals surface area contributed by atoms with Crippen LogP contribution < -0.4 is 5.32 Å². The number of hydrogen-bond acceptors (Lipinski definition) is 2. The van der Waals surface area contributed by atoms with Crippen LogP contribution in [0.15, 0.2) is 24.3 Å². The summed E-state index contributed by atoms with van der Waals surface area (Å²) >= 11 is 0. The quantitative estimate of drug-likeness (QED) is 0.862. The van der Waals surface area contributed by atoms with Gasteiger partial charge in [0.1, 0.15) is 5.82 Å². The second-order valence-electron chi connectivity index (χ2n) is 5.73. The lowest BCUT2D eigenvalue weighted by molar-refractivity contribution is 0.106. The van der Waals surface area contributed by atoms with Gasteiger partial charge in [0, 0.05) is 5.69 Å². The van der Waals surface area contributed by atoms with Gasteiger partial charge < -0.3 is 10.4 Å². The molecule has 2 N–H and O–H groups in total. The van der Waals surface area contributed by atoms with E-state index in [4.69, 9.17) is 0 Å². The third-order valence-corrected chi connectivity index (χ3v) is 4.28. The van der Waals surface area contributed by atoms with E-state index in [0.717, 1.165) is 24.9 Å². The number of rotatable bonds is 3. The highest BCUT2D eigenvalue weighted by Crippen LogP contribution is 2.38. The van der Waals surface area contributed by atoms with Crippen molar-refractivity contribution in [2.45, 2.75) is 38.6 Å². The fraction of sp³-hybridized carbons (Fsp3) is 0.600. The predicted molar refractivity (Wildman–Crippen MR) is 72.0 cm³/mol. The molecule has 3 unspecified atom stereocenters. The van der Waals surface area contributed by atoms with Crippen LogP contribution in [0.4, 0.5) is 10.1 Å². The highest BCUT2D eigenvalue weighted by atomic mass is 19.1. The van der Waals surface area contributed by atoms with E-state index in [1.165, 1.54) is 12.1 Å². The molecule has 1 aromatic rings. The van der Waals surface area contributed by atoms with E-state index < -0.39 is 0 Å². The van der Waals surface area contributed by atoms with Crippen LogP contribution in [0.1, 0.15) is 33.1 Å². The number of halogens is 1. The molecule has 18 heavy (non-hydrogen) atoms. The van der Waals surface area contributed by atoms with Crippen LogP contribution in [0.3, 0.4) is 0 Å². The Bertz CT molecular complexity index is 409. The largest absolute Gasteiger partial charge is 0.394 e. The molecule has 0 spiro atoms. The lowest BCUT2D eigenvalue weighted by atomic mass is 9.70. The van der Waals surface area contributed by atoms with Crippen LogP contribution >= 0.6 is 0 Å². The fourth-order valence-electron chi connectivity index (χ4n) is 3.01. The Morgan fingerprint density at radius 2 is 2.22 bits per heavy atom. The first kappa shape index (κ1) is 13.3. The minimum Gasteiger partial charge on any atom is -0.394 e. The Labute approximate surface area is 108 Å². The van der Waals surface area contributed by atoms with E-state index in [1.54, 1.807) is 6.07 Å². The molecule has 0 amide bonds. The van der Waals surface area contributed by atoms with E-state index >= 15 is 0 Å². The molecule has 2 nitrogen and oxygen atoms in total. The van der Waals surface area contributed by atoms with Gasteiger partial charge in [-0.05, 0) is 49.3 Å². The first-order chi connectivity index (χ1) is 8.55. The maximum absolute atomic E-state index is 13.2. The summed E-state index contributed by atoms with van der Waals surface area (Å²) in [6.45, 7) is 4.51. The molecule has 0 radical (unpaired) electrons. The molecule has 100 valence electrons. The van der Waals surface area contributed by atoms with E-state index in [0.29, 0.717) is 11.8 Å². The first-order valence-electron chi connectivity index (χ1n) is 6.70. The topological polar surface area (TPSA) is 32.3 Å². The predicted octanol–water partition coefficient (Wildman–Crippen LogP) is 3.42. The zero-order chi connectivity index (χ0) is 13.2. The van der Waals surface area contributed by atoms with Crippen molar-refractivity contribution in [1.82, 2.24) is 0 Å². The third-order valence-electron chi connectivity index (χ3n) is 4.28. The molecule has 1 fully saturated rings. The number of aliphatic hydroxyl groups is 1. The van der Waals surface area contributed by atoms with Crippen molar-refractivity contribution in [1.29, 1.82) is 0 Å². The van der Waals surface area contributed by atoms with Crippen molar-refractivity contribution < 1.29 is 9.50 Å². The SMILES string of the molecule is CC1CCC(CO)(Nc2cccc(F)c2)C(C)C1. The second-order valence-corrected chi connectivity index (χ2v) is 5.73. The summed E-state index contributed by atoms with van der Waals surface area (Å²) in [5, 5.41) is 13.1. The molecular weight excluding hydrogens is 229 g/mol. The number of aliphatic hydroxyl groups excluding tert-OH is 1. The van der Waals surface area contributed by atoms with E-state index in [9.17, 15) is 9.50 Å². The van der Waals surface area contributed by atoms with Gasteiger partial charge in [0.05, 0.1) is 12.1 Å². The molecule has 1 aliphatic carbocycles. The van der Waals surface area contributed by atoms with Crippen molar-refractivity contribution in [3.05, 3.63) is 30.1 Å². The number of benzene rings is 1. The summed E-state index contributed by atoms with van der Waals surface area (Å²) in [5.74, 6) is 0.841. The van der Waals surface area contributed by atoms with Crippen LogP contribution in [0.25, 0.3) is 0 Å². The first-order valence-corrected chi connectivity index (χ1v) is 6.70. The molecule has 0 heterocycles. The zero-order valence-corrected chi connectivity index (χ0v) is 11.1. The third kappa shape index (κ3) is 2.66. The minimum absolute atomic E-state index is 0.0946. The van der Waals surface area contributed by atoms with Gasteiger partial charge in [-0.25, -0.2) is 4.39 Å². The van der Waals surface area contributed by atoms with Crippen LogP contribution in [0, 0.1) is 17.7 Å². The molecule has 1 aliphatic rings. The summed E-state index contributed by atoms with van der Waals surface area (Å²) in [4.78, 5) is 0. The monoisotopic (exact) mass is 251 g/mol. The van der Waals surface area contributed by atoms with Crippen LogP contribution in [0.5, 0.6) is 0 Å². The molecule has 1 aromatic carbocycles. The molecule has 0 aliphatic heterocycles. The van der Waals surface area contributed by atoms with Gasteiger partial charge >= 0.3 is 0 Å². The highest BCUT2D eigenvalue weighted by Gasteiger charge is 2.39. The Kier molecular flexibility index (Phi) is 3.91. The van der Waals surface area contributed by atoms with Crippen molar-refractivity contribution >= 4 is 5.69 Å². The van der Waals surface area contributed by atoms with Crippen molar-refractivity contribution in [3.8, 4) is 0 Å². The molecule has 3 atom stereocenters. The average Bonchev–Trinajstić information content (AvgIpc) is 2.33. The summed E-state index contributed by atoms with van der Waals surface area (Å²) in [6, 6.07) is 6.47. The maximum Gasteiger partial charge on any atom is 0.125 e. The molecular formula is C15H22FNO. The lowest BCUT2D eigenvalue weighted by Gasteiger charge is -2.45. The van der Waals surface area contributed by atoms with Crippen LogP contribution in [0.2, 0.25) is 0 Å². The summed E-state index contributed by atoms with van der Waals surface area (Å²) in [7, 11) is 0. The number of nitrogens with one attached hydrogen (secondary N) is 1. The molecule has 0 aromatic heterocycles. The maximum atomic E-state index is 13.2. The normalized spacial score (nSPS) is 32.2. The second kappa shape index (κ2) is 5.27. The fourth-order valence-corrected chi connectivity index (χ4v) is 3.01. The standard InChI is InChI=1S/C15H22FNO/c1-11-6-7-15(10-18,12(2)8-11)17-14-5-3-4-13(16)9-14/h3-5,9,11-12,17-18H,6-8,10H2,1-2H3.